The van der Waals surface area contributed by atoms with Crippen molar-refractivity contribution in [1.29, 1.82) is 0 Å². The maximum atomic E-state index is 11.4. The van der Waals surface area contributed by atoms with E-state index in [1.54, 1.807) is 12.1 Å². The van der Waals surface area contributed by atoms with E-state index in [9.17, 15) is 9.90 Å². The van der Waals surface area contributed by atoms with Gasteiger partial charge in [0.05, 0.1) is 0 Å². The molecule has 0 radical (unpaired) electrons. The van der Waals surface area contributed by atoms with Gasteiger partial charge in [0, 0.05) is 19.8 Å². The Kier molecular flexibility index (Phi) is 4.17. The van der Waals surface area contributed by atoms with Gasteiger partial charge in [-0.3, -0.25) is 0 Å². The van der Waals surface area contributed by atoms with Crippen molar-refractivity contribution in [2.24, 2.45) is 0 Å². The molecule has 0 aliphatic heterocycles. The largest absolute Gasteiger partial charge is 0.477 e. The van der Waals surface area contributed by atoms with Crippen molar-refractivity contribution in [2.75, 3.05) is 14.2 Å². The van der Waals surface area contributed by atoms with Crippen LogP contribution in [-0.4, -0.2) is 25.3 Å². The Labute approximate surface area is 117 Å². The van der Waals surface area contributed by atoms with Crippen LogP contribution in [0.2, 0.25) is 0 Å². The van der Waals surface area contributed by atoms with Crippen molar-refractivity contribution in [3.8, 4) is 11.1 Å². The van der Waals surface area contributed by atoms with Gasteiger partial charge in [-0.05, 0) is 11.1 Å². The third-order valence-corrected chi connectivity index (χ3v) is 3.23. The lowest BCUT2D eigenvalue weighted by Gasteiger charge is -2.26. The molecule has 4 heteroatoms. The van der Waals surface area contributed by atoms with Crippen molar-refractivity contribution in [3.05, 3.63) is 60.2 Å². The summed E-state index contributed by atoms with van der Waals surface area (Å²) in [6, 6.07) is 16.9. The molecule has 0 unspecified atom stereocenters. The fourth-order valence-electron chi connectivity index (χ4n) is 2.13. The number of ether oxygens (including phenoxy) is 2. The van der Waals surface area contributed by atoms with Gasteiger partial charge in [0.1, 0.15) is 0 Å². The lowest BCUT2D eigenvalue weighted by molar-refractivity contribution is -0.231. The van der Waals surface area contributed by atoms with Crippen LogP contribution in [-0.2, 0) is 20.1 Å². The molecule has 0 aliphatic carbocycles. The van der Waals surface area contributed by atoms with E-state index in [1.807, 2.05) is 42.5 Å². The molecule has 0 aliphatic rings. The van der Waals surface area contributed by atoms with Gasteiger partial charge in [-0.1, -0.05) is 54.6 Å². The molecule has 0 fully saturated rings. The van der Waals surface area contributed by atoms with E-state index in [0.29, 0.717) is 5.56 Å². The third kappa shape index (κ3) is 2.43. The van der Waals surface area contributed by atoms with Crippen molar-refractivity contribution < 1.29 is 19.4 Å². The Morgan fingerprint density at radius 3 is 1.85 bits per heavy atom. The summed E-state index contributed by atoms with van der Waals surface area (Å²) in [7, 11) is 2.62. The van der Waals surface area contributed by atoms with Crippen LogP contribution < -0.4 is 0 Å². The zero-order valence-corrected chi connectivity index (χ0v) is 11.4. The molecule has 0 saturated heterocycles. The summed E-state index contributed by atoms with van der Waals surface area (Å²) < 4.78 is 10.1. The summed E-state index contributed by atoms with van der Waals surface area (Å²) in [5.74, 6) is -2.95. The minimum atomic E-state index is -1.77. The van der Waals surface area contributed by atoms with Gasteiger partial charge >= 0.3 is 5.97 Å². The zero-order chi connectivity index (χ0) is 14.6. The Morgan fingerprint density at radius 2 is 1.40 bits per heavy atom. The average Bonchev–Trinajstić information content (AvgIpc) is 2.50. The second-order valence-corrected chi connectivity index (χ2v) is 4.27. The number of methoxy groups -OCH3 is 2. The number of hydrogen-bond acceptors (Lipinski definition) is 3. The van der Waals surface area contributed by atoms with E-state index in [-0.39, 0.29) is 0 Å². The molecule has 0 saturated carbocycles. The predicted octanol–water partition coefficient (Wildman–Crippen LogP) is 2.88. The van der Waals surface area contributed by atoms with Crippen molar-refractivity contribution in [2.45, 2.75) is 5.79 Å². The van der Waals surface area contributed by atoms with Crippen LogP contribution in [0.5, 0.6) is 0 Å². The molecular weight excluding hydrogens is 256 g/mol. The fourth-order valence-corrected chi connectivity index (χ4v) is 2.13. The number of hydrogen-bond donors (Lipinski definition) is 1. The fraction of sp³-hybridized carbons (Fsp3) is 0.188. The Morgan fingerprint density at radius 1 is 0.900 bits per heavy atom. The second kappa shape index (κ2) is 5.86. The van der Waals surface area contributed by atoms with Gasteiger partial charge in [-0.25, -0.2) is 4.79 Å². The number of rotatable bonds is 5. The monoisotopic (exact) mass is 272 g/mol. The highest BCUT2D eigenvalue weighted by atomic mass is 16.7. The number of carboxylic acids is 1. The molecule has 0 heterocycles. The first-order valence-corrected chi connectivity index (χ1v) is 6.13. The Bertz CT molecular complexity index is 571. The zero-order valence-electron chi connectivity index (χ0n) is 11.4. The molecule has 1 N–H and O–H groups in total. The number of aliphatic carboxylic acids is 1. The summed E-state index contributed by atoms with van der Waals surface area (Å²) in [4.78, 5) is 11.4. The van der Waals surface area contributed by atoms with Crippen LogP contribution in [0.25, 0.3) is 11.1 Å². The van der Waals surface area contributed by atoms with Gasteiger partial charge in [0.25, 0.3) is 5.79 Å². The van der Waals surface area contributed by atoms with E-state index in [0.717, 1.165) is 11.1 Å². The average molecular weight is 272 g/mol. The van der Waals surface area contributed by atoms with Crippen molar-refractivity contribution in [1.82, 2.24) is 0 Å². The second-order valence-electron chi connectivity index (χ2n) is 4.27. The molecule has 0 amide bonds. The highest BCUT2D eigenvalue weighted by Gasteiger charge is 2.41. The van der Waals surface area contributed by atoms with Gasteiger partial charge in [0.2, 0.25) is 0 Å². The molecule has 0 spiro atoms. The standard InChI is InChI=1S/C16H16O4/c1-19-16(20-2,15(17)18)14-10-8-13(9-11-14)12-6-4-3-5-7-12/h3-11H,1-2H3,(H,17,18). The van der Waals surface area contributed by atoms with Crippen molar-refractivity contribution in [3.63, 3.8) is 0 Å². The summed E-state index contributed by atoms with van der Waals surface area (Å²) in [6.45, 7) is 0. The highest BCUT2D eigenvalue weighted by molar-refractivity contribution is 5.78. The lowest BCUT2D eigenvalue weighted by atomic mass is 10.00. The molecule has 20 heavy (non-hydrogen) atoms. The summed E-state index contributed by atoms with van der Waals surface area (Å²) in [6.07, 6.45) is 0. The molecular formula is C16H16O4. The van der Waals surface area contributed by atoms with E-state index in [1.165, 1.54) is 14.2 Å². The minimum Gasteiger partial charge on any atom is -0.477 e. The molecule has 0 aromatic heterocycles. The number of carboxylic acid groups (broad SMARTS) is 1. The molecule has 0 bridgehead atoms. The quantitative estimate of drug-likeness (QED) is 0.850. The highest BCUT2D eigenvalue weighted by Crippen LogP contribution is 2.29. The smallest absolute Gasteiger partial charge is 0.369 e. The lowest BCUT2D eigenvalue weighted by Crippen LogP contribution is -2.39. The van der Waals surface area contributed by atoms with Gasteiger partial charge in [0.15, 0.2) is 0 Å². The Balaban J connectivity index is 2.39. The van der Waals surface area contributed by atoms with Crippen LogP contribution in [0, 0.1) is 0 Å². The third-order valence-electron chi connectivity index (χ3n) is 3.23. The summed E-state index contributed by atoms with van der Waals surface area (Å²) >= 11 is 0. The number of benzene rings is 2. The summed E-state index contributed by atoms with van der Waals surface area (Å²) in [5, 5.41) is 9.31. The van der Waals surface area contributed by atoms with E-state index in [4.69, 9.17) is 9.47 Å². The molecule has 2 rings (SSSR count). The van der Waals surface area contributed by atoms with Gasteiger partial charge < -0.3 is 14.6 Å². The van der Waals surface area contributed by atoms with Crippen molar-refractivity contribution >= 4 is 5.97 Å². The maximum absolute atomic E-state index is 11.4. The predicted molar refractivity (Wildman–Crippen MR) is 75.2 cm³/mol. The topological polar surface area (TPSA) is 55.8 Å². The van der Waals surface area contributed by atoms with Crippen LogP contribution in [0.15, 0.2) is 54.6 Å². The minimum absolute atomic E-state index is 0.440. The van der Waals surface area contributed by atoms with E-state index < -0.39 is 11.8 Å². The van der Waals surface area contributed by atoms with Gasteiger partial charge in [-0.15, -0.1) is 0 Å². The Hall–Kier alpha value is -2.17. The first-order valence-electron chi connectivity index (χ1n) is 6.13. The first kappa shape index (κ1) is 14.2. The van der Waals surface area contributed by atoms with E-state index >= 15 is 0 Å². The molecule has 4 nitrogen and oxygen atoms in total. The molecule has 2 aromatic carbocycles. The molecule has 2 aromatic rings. The molecule has 104 valence electrons. The van der Waals surface area contributed by atoms with Crippen LogP contribution in [0.4, 0.5) is 0 Å². The number of carbonyl (C=O) groups is 1. The van der Waals surface area contributed by atoms with E-state index in [2.05, 4.69) is 0 Å². The summed E-state index contributed by atoms with van der Waals surface area (Å²) in [5.41, 5.74) is 2.50. The normalized spacial score (nSPS) is 11.3. The maximum Gasteiger partial charge on any atom is 0.369 e. The van der Waals surface area contributed by atoms with Crippen LogP contribution in [0.3, 0.4) is 0 Å². The molecule has 0 atom stereocenters. The van der Waals surface area contributed by atoms with Crippen LogP contribution >= 0.6 is 0 Å². The van der Waals surface area contributed by atoms with Gasteiger partial charge in [-0.2, -0.15) is 0 Å². The SMILES string of the molecule is COC(OC)(C(=O)O)c1ccc(-c2ccccc2)cc1. The first-order chi connectivity index (χ1) is 9.64. The van der Waals surface area contributed by atoms with Crippen LogP contribution in [0.1, 0.15) is 5.56 Å².